The Morgan fingerprint density at radius 1 is 0.938 bits per heavy atom. The third-order valence-electron chi connectivity index (χ3n) is 4.74. The maximum atomic E-state index is 13.4. The van der Waals surface area contributed by atoms with E-state index in [2.05, 4.69) is 10.5 Å². The number of amides is 1. The van der Waals surface area contributed by atoms with E-state index >= 15 is 0 Å². The van der Waals surface area contributed by atoms with Gasteiger partial charge >= 0.3 is 0 Å². The molecule has 0 aliphatic rings. The summed E-state index contributed by atoms with van der Waals surface area (Å²) in [6.07, 6.45) is 3.44. The zero-order chi connectivity index (χ0) is 23.1. The second kappa shape index (κ2) is 10.5. The number of carbonyl (C=O) groups excluding carboxylic acids is 1. The van der Waals surface area contributed by atoms with Crippen molar-refractivity contribution in [3.63, 3.8) is 0 Å². The van der Waals surface area contributed by atoms with E-state index in [0.29, 0.717) is 5.69 Å². The van der Waals surface area contributed by atoms with E-state index in [1.165, 1.54) is 18.0 Å². The fourth-order valence-corrected chi connectivity index (χ4v) is 4.73. The summed E-state index contributed by atoms with van der Waals surface area (Å²) in [6, 6.07) is 21.2. The third kappa shape index (κ3) is 5.99. The third-order valence-corrected chi connectivity index (χ3v) is 7.27. The highest BCUT2D eigenvalue weighted by molar-refractivity contribution is 7.98. The summed E-state index contributed by atoms with van der Waals surface area (Å²) < 4.78 is 27.9. The number of nitrogens with one attached hydrogen (secondary N) is 1. The summed E-state index contributed by atoms with van der Waals surface area (Å²) in [7, 11) is -3.96. The first kappa shape index (κ1) is 23.6. The van der Waals surface area contributed by atoms with Gasteiger partial charge in [0, 0.05) is 4.90 Å². The van der Waals surface area contributed by atoms with Crippen molar-refractivity contribution in [3.05, 3.63) is 89.5 Å². The molecule has 0 bridgehead atoms. The molecule has 3 rings (SSSR count). The van der Waals surface area contributed by atoms with Crippen LogP contribution in [-0.2, 0) is 14.8 Å². The molecule has 0 saturated heterocycles. The van der Waals surface area contributed by atoms with Gasteiger partial charge in [-0.1, -0.05) is 47.5 Å². The Balaban J connectivity index is 1.83. The van der Waals surface area contributed by atoms with Crippen molar-refractivity contribution in [2.75, 3.05) is 17.1 Å². The van der Waals surface area contributed by atoms with Gasteiger partial charge in [-0.25, -0.2) is 13.8 Å². The summed E-state index contributed by atoms with van der Waals surface area (Å²) in [6.45, 7) is 3.49. The number of benzene rings is 3. The first-order chi connectivity index (χ1) is 15.3. The largest absolute Gasteiger partial charge is 0.271 e. The van der Waals surface area contributed by atoms with Crippen molar-refractivity contribution < 1.29 is 13.2 Å². The number of sulfonamides is 1. The molecule has 32 heavy (non-hydrogen) atoms. The van der Waals surface area contributed by atoms with Crippen LogP contribution in [0.25, 0.3) is 0 Å². The van der Waals surface area contributed by atoms with E-state index < -0.39 is 22.5 Å². The van der Waals surface area contributed by atoms with Crippen LogP contribution in [0.5, 0.6) is 0 Å². The highest BCUT2D eigenvalue weighted by Gasteiger charge is 2.27. The molecule has 6 nitrogen and oxygen atoms in total. The van der Waals surface area contributed by atoms with Gasteiger partial charge in [0.1, 0.15) is 6.54 Å². The number of rotatable bonds is 8. The number of hydrazone groups is 1. The number of carbonyl (C=O) groups is 1. The molecule has 0 aromatic heterocycles. The van der Waals surface area contributed by atoms with Gasteiger partial charge < -0.3 is 0 Å². The summed E-state index contributed by atoms with van der Waals surface area (Å²) in [5.74, 6) is -0.543. The number of thioether (sulfide) groups is 1. The topological polar surface area (TPSA) is 78.8 Å². The van der Waals surface area contributed by atoms with Crippen molar-refractivity contribution in [2.45, 2.75) is 23.6 Å². The van der Waals surface area contributed by atoms with E-state index in [1.54, 1.807) is 36.4 Å². The molecule has 0 atom stereocenters. The van der Waals surface area contributed by atoms with Gasteiger partial charge in [-0.2, -0.15) is 5.10 Å². The van der Waals surface area contributed by atoms with Crippen molar-refractivity contribution >= 4 is 39.6 Å². The Kier molecular flexibility index (Phi) is 7.71. The molecule has 0 radical (unpaired) electrons. The number of hydrogen-bond acceptors (Lipinski definition) is 5. The Morgan fingerprint density at radius 2 is 1.50 bits per heavy atom. The van der Waals surface area contributed by atoms with Crippen molar-refractivity contribution in [2.24, 2.45) is 5.10 Å². The van der Waals surface area contributed by atoms with Crippen LogP contribution >= 0.6 is 11.8 Å². The van der Waals surface area contributed by atoms with Crippen LogP contribution in [-0.4, -0.2) is 33.3 Å². The molecule has 0 heterocycles. The molecule has 1 N–H and O–H groups in total. The fraction of sp³-hybridized carbons (Fsp3) is 0.167. The number of aryl methyl sites for hydroxylation is 2. The Bertz CT molecular complexity index is 1190. The lowest BCUT2D eigenvalue weighted by atomic mass is 10.2. The molecule has 0 spiro atoms. The molecule has 3 aromatic rings. The lowest BCUT2D eigenvalue weighted by Crippen LogP contribution is -2.39. The van der Waals surface area contributed by atoms with Gasteiger partial charge in [-0.3, -0.25) is 9.10 Å². The van der Waals surface area contributed by atoms with Crippen LogP contribution in [0.15, 0.2) is 87.7 Å². The molecule has 3 aromatic carbocycles. The number of hydrogen-bond donors (Lipinski definition) is 1. The van der Waals surface area contributed by atoms with Crippen molar-refractivity contribution in [1.29, 1.82) is 0 Å². The van der Waals surface area contributed by atoms with Gasteiger partial charge in [0.05, 0.1) is 16.8 Å². The quantitative estimate of drug-likeness (QED) is 0.303. The molecule has 0 fully saturated rings. The van der Waals surface area contributed by atoms with Crippen LogP contribution in [0.3, 0.4) is 0 Å². The molecule has 8 heteroatoms. The summed E-state index contributed by atoms with van der Waals surface area (Å²) >= 11 is 1.52. The van der Waals surface area contributed by atoms with Crippen molar-refractivity contribution in [1.82, 2.24) is 5.43 Å². The molecule has 0 unspecified atom stereocenters. The van der Waals surface area contributed by atoms with Crippen LogP contribution in [0.1, 0.15) is 16.7 Å². The first-order valence-corrected chi connectivity index (χ1v) is 12.6. The van der Waals surface area contributed by atoms with Gasteiger partial charge in [-0.15, -0.1) is 11.8 Å². The molecular formula is C24H25N3O3S2. The lowest BCUT2D eigenvalue weighted by molar-refractivity contribution is -0.119. The summed E-state index contributed by atoms with van der Waals surface area (Å²) in [5, 5.41) is 3.96. The predicted molar refractivity (Wildman–Crippen MR) is 131 cm³/mol. The fourth-order valence-electron chi connectivity index (χ4n) is 2.90. The number of nitrogens with zero attached hydrogens (tertiary/aromatic N) is 2. The van der Waals surface area contributed by atoms with Gasteiger partial charge in [-0.05, 0) is 62.1 Å². The molecule has 0 aliphatic carbocycles. The first-order valence-electron chi connectivity index (χ1n) is 9.91. The normalized spacial score (nSPS) is 11.5. The highest BCUT2D eigenvalue weighted by atomic mass is 32.2. The van der Waals surface area contributed by atoms with Crippen LogP contribution < -0.4 is 9.73 Å². The molecular weight excluding hydrogens is 442 g/mol. The minimum Gasteiger partial charge on any atom is -0.271 e. The molecule has 0 aliphatic heterocycles. The van der Waals surface area contributed by atoms with E-state index in [-0.39, 0.29) is 4.90 Å². The van der Waals surface area contributed by atoms with Crippen LogP contribution in [0, 0.1) is 13.8 Å². The molecule has 0 saturated carbocycles. The zero-order valence-electron chi connectivity index (χ0n) is 18.1. The van der Waals surface area contributed by atoms with E-state index in [4.69, 9.17) is 0 Å². The van der Waals surface area contributed by atoms with Crippen LogP contribution in [0.2, 0.25) is 0 Å². The molecule has 166 valence electrons. The average Bonchev–Trinajstić information content (AvgIpc) is 2.79. The Labute approximate surface area is 193 Å². The van der Waals surface area contributed by atoms with Gasteiger partial charge in [0.25, 0.3) is 15.9 Å². The maximum Gasteiger partial charge on any atom is 0.264 e. The summed E-state index contributed by atoms with van der Waals surface area (Å²) in [4.78, 5) is 13.7. The minimum absolute atomic E-state index is 0.117. The molecule has 1 amide bonds. The minimum atomic E-state index is -3.96. The second-order valence-corrected chi connectivity index (χ2v) is 9.97. The van der Waals surface area contributed by atoms with Gasteiger partial charge in [0.2, 0.25) is 0 Å². The highest BCUT2D eigenvalue weighted by Crippen LogP contribution is 2.25. The average molecular weight is 468 g/mol. The Morgan fingerprint density at radius 3 is 2.06 bits per heavy atom. The second-order valence-electron chi connectivity index (χ2n) is 7.23. The van der Waals surface area contributed by atoms with E-state index in [0.717, 1.165) is 25.9 Å². The number of anilines is 1. The smallest absolute Gasteiger partial charge is 0.264 e. The predicted octanol–water partition coefficient (Wildman–Crippen LogP) is 4.37. The lowest BCUT2D eigenvalue weighted by Gasteiger charge is -2.24. The van der Waals surface area contributed by atoms with Crippen LogP contribution in [0.4, 0.5) is 5.69 Å². The maximum absolute atomic E-state index is 13.4. The zero-order valence-corrected chi connectivity index (χ0v) is 19.8. The van der Waals surface area contributed by atoms with Crippen molar-refractivity contribution in [3.8, 4) is 0 Å². The van der Waals surface area contributed by atoms with E-state index in [1.807, 2.05) is 56.5 Å². The van der Waals surface area contributed by atoms with Gasteiger partial charge in [0.15, 0.2) is 0 Å². The standard InChI is InChI=1S/C24H25N3O3S2/c1-18-4-8-20(9-5-18)16-25-26-24(28)17-27(21-10-6-19(2)7-11-21)32(29,30)23-14-12-22(31-3)13-15-23/h4-16H,17H2,1-3H3,(H,26,28)/b25-16-. The monoisotopic (exact) mass is 467 g/mol. The Hall–Kier alpha value is -3.10. The van der Waals surface area contributed by atoms with E-state index in [9.17, 15) is 13.2 Å². The SMILES string of the molecule is CSc1ccc(S(=O)(=O)N(CC(=O)N/N=C\c2ccc(C)cc2)c2ccc(C)cc2)cc1. The summed E-state index contributed by atoms with van der Waals surface area (Å²) in [5.41, 5.74) is 5.76.